The highest BCUT2D eigenvalue weighted by Gasteiger charge is 2.44. The number of anilines is 1. The number of piperidine rings is 1. The maximum Gasteiger partial charge on any atom is 0.410 e. The zero-order valence-corrected chi connectivity index (χ0v) is 15.8. The van der Waals surface area contributed by atoms with Gasteiger partial charge in [0.15, 0.2) is 0 Å². The molecule has 7 heteroatoms. The summed E-state index contributed by atoms with van der Waals surface area (Å²) in [4.78, 5) is 39.6. The summed E-state index contributed by atoms with van der Waals surface area (Å²) in [7, 11) is 1.70. The van der Waals surface area contributed by atoms with E-state index in [1.54, 1.807) is 36.2 Å². The third-order valence-electron chi connectivity index (χ3n) is 4.52. The predicted molar refractivity (Wildman–Crippen MR) is 98.8 cm³/mol. The largest absolute Gasteiger partial charge is 0.444 e. The first kappa shape index (κ1) is 19.9. The van der Waals surface area contributed by atoms with Gasteiger partial charge in [-0.05, 0) is 52.8 Å². The molecule has 0 spiro atoms. The van der Waals surface area contributed by atoms with E-state index in [1.165, 1.54) is 0 Å². The van der Waals surface area contributed by atoms with Crippen LogP contribution in [0.1, 0.15) is 33.6 Å². The molecule has 1 fully saturated rings. The van der Waals surface area contributed by atoms with Crippen molar-refractivity contribution in [3.05, 3.63) is 30.3 Å². The number of imide groups is 1. The van der Waals surface area contributed by atoms with Crippen LogP contribution in [0.15, 0.2) is 30.3 Å². The normalized spacial score (nSPS) is 16.7. The summed E-state index contributed by atoms with van der Waals surface area (Å²) in [6.45, 7) is 6.21. The minimum absolute atomic E-state index is 0.315. The second-order valence-electron chi connectivity index (χ2n) is 7.42. The number of ether oxygens (including phenoxy) is 1. The molecule has 2 rings (SSSR count). The lowest BCUT2D eigenvalue weighted by atomic mass is 9.86. The Morgan fingerprint density at radius 1 is 1.19 bits per heavy atom. The molecule has 0 saturated carbocycles. The van der Waals surface area contributed by atoms with Gasteiger partial charge in [0, 0.05) is 13.1 Å². The fourth-order valence-electron chi connectivity index (χ4n) is 3.01. The minimum Gasteiger partial charge on any atom is -0.444 e. The number of likely N-dealkylation sites (N-methyl/N-ethyl adjacent to an activating group) is 1. The van der Waals surface area contributed by atoms with Gasteiger partial charge in [0.05, 0.1) is 5.69 Å². The lowest BCUT2D eigenvalue weighted by Crippen LogP contribution is -2.62. The van der Waals surface area contributed by atoms with Gasteiger partial charge >= 0.3 is 6.09 Å². The summed E-state index contributed by atoms with van der Waals surface area (Å²) in [5.74, 6) is -0.315. The monoisotopic (exact) mass is 361 g/mol. The molecular formula is C19H27N3O4. The van der Waals surface area contributed by atoms with Gasteiger partial charge in [-0.25, -0.2) is 4.79 Å². The maximum atomic E-state index is 13.1. The molecule has 1 N–H and O–H groups in total. The smallest absolute Gasteiger partial charge is 0.410 e. The first-order valence-electron chi connectivity index (χ1n) is 8.73. The van der Waals surface area contributed by atoms with E-state index in [9.17, 15) is 14.4 Å². The Morgan fingerprint density at radius 3 is 2.23 bits per heavy atom. The molecule has 1 saturated heterocycles. The van der Waals surface area contributed by atoms with Crippen LogP contribution in [0.3, 0.4) is 0 Å². The van der Waals surface area contributed by atoms with Crippen molar-refractivity contribution >= 4 is 24.1 Å². The molecule has 1 heterocycles. The molecule has 0 bridgehead atoms. The van der Waals surface area contributed by atoms with E-state index in [2.05, 4.69) is 5.32 Å². The zero-order valence-electron chi connectivity index (χ0n) is 15.8. The van der Waals surface area contributed by atoms with Crippen LogP contribution in [0.4, 0.5) is 10.5 Å². The van der Waals surface area contributed by atoms with Crippen molar-refractivity contribution in [3.8, 4) is 0 Å². The van der Waals surface area contributed by atoms with E-state index in [0.717, 1.165) is 4.90 Å². The van der Waals surface area contributed by atoms with Crippen LogP contribution in [-0.4, -0.2) is 54.6 Å². The van der Waals surface area contributed by atoms with Crippen molar-refractivity contribution < 1.29 is 19.1 Å². The summed E-state index contributed by atoms with van der Waals surface area (Å²) < 4.78 is 5.39. The summed E-state index contributed by atoms with van der Waals surface area (Å²) in [6.07, 6.45) is 0.957. The highest BCUT2D eigenvalue weighted by atomic mass is 16.6. The number of nitrogens with one attached hydrogen (secondary N) is 1. The van der Waals surface area contributed by atoms with E-state index in [1.807, 2.05) is 26.8 Å². The summed E-state index contributed by atoms with van der Waals surface area (Å²) in [6, 6.07) is 8.80. The lowest BCUT2D eigenvalue weighted by Gasteiger charge is -2.42. The molecule has 0 aliphatic carbocycles. The maximum absolute atomic E-state index is 13.1. The quantitative estimate of drug-likeness (QED) is 0.832. The molecule has 0 unspecified atom stereocenters. The molecule has 7 nitrogen and oxygen atoms in total. The Hall–Kier alpha value is -2.41. The average molecular weight is 361 g/mol. The SMILES string of the molecule is CNC1(C(=O)N(C=O)c2ccccc2)CCN(C(=O)OC(C)(C)C)CC1. The Bertz CT molecular complexity index is 646. The summed E-state index contributed by atoms with van der Waals surface area (Å²) in [5, 5.41) is 3.08. The number of hydrogen-bond acceptors (Lipinski definition) is 5. The highest BCUT2D eigenvalue weighted by molar-refractivity contribution is 6.11. The highest BCUT2D eigenvalue weighted by Crippen LogP contribution is 2.27. The van der Waals surface area contributed by atoms with Gasteiger partial charge in [0.2, 0.25) is 6.41 Å². The minimum atomic E-state index is -0.894. The molecule has 1 aliphatic rings. The summed E-state index contributed by atoms with van der Waals surface area (Å²) >= 11 is 0. The van der Waals surface area contributed by atoms with Crippen LogP contribution in [0.5, 0.6) is 0 Å². The van der Waals surface area contributed by atoms with Crippen LogP contribution in [-0.2, 0) is 14.3 Å². The molecule has 1 aromatic carbocycles. The third-order valence-corrected chi connectivity index (χ3v) is 4.52. The molecule has 3 amide bonds. The number of nitrogens with zero attached hydrogens (tertiary/aromatic N) is 2. The van der Waals surface area contributed by atoms with Gasteiger partial charge in [-0.2, -0.15) is 0 Å². The standard InChI is InChI=1S/C19H27N3O4/c1-18(2,3)26-17(25)21-12-10-19(20-4,11-13-21)16(24)22(14-23)15-8-6-5-7-9-15/h5-9,14,20H,10-13H2,1-4H3. The first-order valence-corrected chi connectivity index (χ1v) is 8.73. The molecule has 142 valence electrons. The van der Waals surface area contributed by atoms with Gasteiger partial charge < -0.3 is 15.0 Å². The topological polar surface area (TPSA) is 79.0 Å². The van der Waals surface area contributed by atoms with Gasteiger partial charge in [-0.1, -0.05) is 18.2 Å². The Balaban J connectivity index is 2.11. The fourth-order valence-corrected chi connectivity index (χ4v) is 3.01. The van der Waals surface area contributed by atoms with Crippen molar-refractivity contribution in [2.24, 2.45) is 0 Å². The molecule has 0 aromatic heterocycles. The van der Waals surface area contributed by atoms with E-state index >= 15 is 0 Å². The number of likely N-dealkylation sites (tertiary alicyclic amines) is 1. The number of para-hydroxylation sites is 1. The van der Waals surface area contributed by atoms with Crippen LogP contribution < -0.4 is 10.2 Å². The third kappa shape index (κ3) is 4.40. The van der Waals surface area contributed by atoms with E-state index in [4.69, 9.17) is 4.74 Å². The number of hydrogen-bond donors (Lipinski definition) is 1. The number of carbonyl (C=O) groups excluding carboxylic acids is 3. The van der Waals surface area contributed by atoms with Crippen LogP contribution in [0, 0.1) is 0 Å². The van der Waals surface area contributed by atoms with Gasteiger partial charge in [0.25, 0.3) is 5.91 Å². The molecule has 1 aliphatic heterocycles. The van der Waals surface area contributed by atoms with Gasteiger partial charge in [-0.15, -0.1) is 0 Å². The van der Waals surface area contributed by atoms with Crippen molar-refractivity contribution in [2.45, 2.75) is 44.8 Å². The Labute approximate surface area is 154 Å². The number of carbonyl (C=O) groups is 3. The first-order chi connectivity index (χ1) is 12.2. The van der Waals surface area contributed by atoms with Gasteiger partial charge in [-0.3, -0.25) is 14.5 Å². The molecule has 1 aromatic rings. The van der Waals surface area contributed by atoms with Crippen molar-refractivity contribution in [2.75, 3.05) is 25.0 Å². The number of rotatable bonds is 4. The van der Waals surface area contributed by atoms with Crippen LogP contribution in [0.2, 0.25) is 0 Å². The fraction of sp³-hybridized carbons (Fsp3) is 0.526. The van der Waals surface area contributed by atoms with E-state index in [-0.39, 0.29) is 12.0 Å². The van der Waals surface area contributed by atoms with Crippen molar-refractivity contribution in [3.63, 3.8) is 0 Å². The van der Waals surface area contributed by atoms with Crippen LogP contribution in [0.25, 0.3) is 0 Å². The van der Waals surface area contributed by atoms with Gasteiger partial charge in [0.1, 0.15) is 11.1 Å². The number of benzene rings is 1. The lowest BCUT2D eigenvalue weighted by molar-refractivity contribution is -0.129. The Kier molecular flexibility index (Phi) is 6.02. The van der Waals surface area contributed by atoms with Crippen molar-refractivity contribution in [1.82, 2.24) is 10.2 Å². The molecule has 0 radical (unpaired) electrons. The molecule has 0 atom stereocenters. The second-order valence-corrected chi connectivity index (χ2v) is 7.42. The van der Waals surface area contributed by atoms with E-state index < -0.39 is 11.1 Å². The predicted octanol–water partition coefficient (Wildman–Crippen LogP) is 2.17. The second kappa shape index (κ2) is 7.86. The Morgan fingerprint density at radius 2 is 1.77 bits per heavy atom. The average Bonchev–Trinajstić information content (AvgIpc) is 2.61. The molecule has 26 heavy (non-hydrogen) atoms. The van der Waals surface area contributed by atoms with Crippen molar-refractivity contribution in [1.29, 1.82) is 0 Å². The molecular weight excluding hydrogens is 334 g/mol. The van der Waals surface area contributed by atoms with E-state index in [0.29, 0.717) is 38.0 Å². The zero-order chi connectivity index (χ0) is 19.4. The van der Waals surface area contributed by atoms with Crippen LogP contribution >= 0.6 is 0 Å². The summed E-state index contributed by atoms with van der Waals surface area (Å²) in [5.41, 5.74) is -0.932. The number of amides is 3.